The summed E-state index contributed by atoms with van der Waals surface area (Å²) in [6.45, 7) is 4.67. The first-order chi connectivity index (χ1) is 14.2. The Balaban J connectivity index is 1.60. The van der Waals surface area contributed by atoms with Gasteiger partial charge >= 0.3 is 0 Å². The quantitative estimate of drug-likeness (QED) is 0.376. The number of hydrogen-bond donors (Lipinski definition) is 1. The van der Waals surface area contributed by atoms with E-state index in [1.54, 1.807) is 6.20 Å². The minimum absolute atomic E-state index is 0.246. The molecule has 0 spiro atoms. The van der Waals surface area contributed by atoms with Crippen molar-refractivity contribution in [3.63, 3.8) is 0 Å². The van der Waals surface area contributed by atoms with Gasteiger partial charge in [-0.3, -0.25) is 9.78 Å². The molecule has 0 aliphatic heterocycles. The number of allylic oxidation sites excluding steroid dienone is 1. The van der Waals surface area contributed by atoms with E-state index in [-0.39, 0.29) is 5.91 Å². The van der Waals surface area contributed by atoms with Crippen LogP contribution in [-0.2, 0) is 0 Å². The molecule has 3 aromatic rings. The lowest BCUT2D eigenvalue weighted by atomic mass is 10.1. The van der Waals surface area contributed by atoms with Gasteiger partial charge in [0, 0.05) is 18.0 Å². The summed E-state index contributed by atoms with van der Waals surface area (Å²) in [5, 5.41) is 2.91. The van der Waals surface area contributed by atoms with Gasteiger partial charge < -0.3 is 10.1 Å². The van der Waals surface area contributed by atoms with Crippen LogP contribution >= 0.6 is 0 Å². The monoisotopic (exact) mass is 389 g/mol. The average molecular weight is 389 g/mol. The van der Waals surface area contributed by atoms with Gasteiger partial charge in [-0.15, -0.1) is 0 Å². The summed E-state index contributed by atoms with van der Waals surface area (Å²) >= 11 is 0. The molecule has 150 valence electrons. The van der Waals surface area contributed by atoms with Crippen molar-refractivity contribution in [2.45, 2.75) is 39.5 Å². The largest absolute Gasteiger partial charge is 0.493 e. The second kappa shape index (κ2) is 10.4. The molecule has 0 radical (unpaired) electrons. The molecule has 2 heterocycles. The minimum atomic E-state index is -0.246. The highest BCUT2D eigenvalue weighted by atomic mass is 16.5. The fourth-order valence-electron chi connectivity index (χ4n) is 2.98. The van der Waals surface area contributed by atoms with Gasteiger partial charge in [0.25, 0.3) is 5.91 Å². The van der Waals surface area contributed by atoms with Crippen LogP contribution in [0.4, 0.5) is 5.69 Å². The number of nitrogens with zero attached hydrogens (tertiary/aromatic N) is 2. The molecule has 3 rings (SSSR count). The van der Waals surface area contributed by atoms with E-state index in [0.717, 1.165) is 29.7 Å². The van der Waals surface area contributed by atoms with Crippen LogP contribution in [0.5, 0.6) is 5.75 Å². The van der Waals surface area contributed by atoms with Crippen LogP contribution in [0.2, 0.25) is 0 Å². The Morgan fingerprint density at radius 1 is 1.10 bits per heavy atom. The summed E-state index contributed by atoms with van der Waals surface area (Å²) in [6, 6.07) is 13.0. The first-order valence-corrected chi connectivity index (χ1v) is 10.1. The smallest absolute Gasteiger partial charge is 0.274 e. The third-order valence-corrected chi connectivity index (χ3v) is 4.53. The molecule has 0 fully saturated rings. The number of hydrogen-bond acceptors (Lipinski definition) is 4. The molecule has 1 aromatic carbocycles. The van der Waals surface area contributed by atoms with Gasteiger partial charge in [-0.1, -0.05) is 38.0 Å². The van der Waals surface area contributed by atoms with Crippen LogP contribution in [0.15, 0.2) is 60.8 Å². The second-order valence-corrected chi connectivity index (χ2v) is 6.93. The van der Waals surface area contributed by atoms with Crippen LogP contribution in [0.1, 0.15) is 48.7 Å². The number of pyridine rings is 2. The van der Waals surface area contributed by atoms with Crippen molar-refractivity contribution in [1.82, 2.24) is 9.97 Å². The summed E-state index contributed by atoms with van der Waals surface area (Å²) in [6.07, 6.45) is 10.5. The van der Waals surface area contributed by atoms with Crippen LogP contribution in [0.3, 0.4) is 0 Å². The zero-order chi connectivity index (χ0) is 20.5. The van der Waals surface area contributed by atoms with Crippen molar-refractivity contribution in [2.24, 2.45) is 0 Å². The van der Waals surface area contributed by atoms with Crippen LogP contribution < -0.4 is 10.1 Å². The molecular formula is C24H27N3O2. The maximum absolute atomic E-state index is 12.7. The van der Waals surface area contributed by atoms with E-state index < -0.39 is 0 Å². The number of aromatic nitrogens is 2. The predicted molar refractivity (Wildman–Crippen MR) is 117 cm³/mol. The molecule has 2 aromatic heterocycles. The van der Waals surface area contributed by atoms with E-state index in [1.165, 1.54) is 12.8 Å². The van der Waals surface area contributed by atoms with Gasteiger partial charge in [0.2, 0.25) is 0 Å². The number of aryl methyl sites for hydroxylation is 1. The van der Waals surface area contributed by atoms with E-state index in [1.807, 2.05) is 49.4 Å². The van der Waals surface area contributed by atoms with Crippen molar-refractivity contribution in [1.29, 1.82) is 0 Å². The molecule has 0 atom stereocenters. The summed E-state index contributed by atoms with van der Waals surface area (Å²) in [4.78, 5) is 21.5. The number of rotatable bonds is 9. The van der Waals surface area contributed by atoms with Gasteiger partial charge in [-0.25, -0.2) is 4.98 Å². The summed E-state index contributed by atoms with van der Waals surface area (Å²) in [7, 11) is 0. The Labute approximate surface area is 171 Å². The van der Waals surface area contributed by atoms with E-state index in [0.29, 0.717) is 23.5 Å². The summed E-state index contributed by atoms with van der Waals surface area (Å²) in [5.41, 5.74) is 3.34. The van der Waals surface area contributed by atoms with Gasteiger partial charge in [0.05, 0.1) is 17.6 Å². The van der Waals surface area contributed by atoms with Crippen LogP contribution in [0, 0.1) is 6.92 Å². The van der Waals surface area contributed by atoms with Gasteiger partial charge in [-0.05, 0) is 55.7 Å². The number of fused-ring (bicyclic) bond motifs is 1. The van der Waals surface area contributed by atoms with Crippen LogP contribution in [-0.4, -0.2) is 22.5 Å². The number of ether oxygens (including phenoxy) is 1. The Kier molecular flexibility index (Phi) is 7.34. The third kappa shape index (κ3) is 5.88. The molecule has 0 aliphatic rings. The van der Waals surface area contributed by atoms with E-state index in [9.17, 15) is 4.79 Å². The summed E-state index contributed by atoms with van der Waals surface area (Å²) < 4.78 is 5.80. The first-order valence-electron chi connectivity index (χ1n) is 10.1. The number of unbranched alkanes of at least 4 members (excludes halogenated alkanes) is 2. The van der Waals surface area contributed by atoms with Crippen molar-refractivity contribution >= 4 is 22.6 Å². The molecule has 5 heteroatoms. The number of carbonyl (C=O) groups excluding carboxylic acids is 1. The average Bonchev–Trinajstić information content (AvgIpc) is 2.73. The van der Waals surface area contributed by atoms with E-state index in [4.69, 9.17) is 4.74 Å². The Morgan fingerprint density at radius 3 is 2.83 bits per heavy atom. The molecule has 0 aliphatic carbocycles. The second-order valence-electron chi connectivity index (χ2n) is 6.93. The van der Waals surface area contributed by atoms with Gasteiger partial charge in [0.15, 0.2) is 0 Å². The van der Waals surface area contributed by atoms with Crippen molar-refractivity contribution in [3.05, 3.63) is 72.1 Å². The zero-order valence-electron chi connectivity index (χ0n) is 17.0. The molecule has 0 bridgehead atoms. The Morgan fingerprint density at radius 2 is 1.97 bits per heavy atom. The van der Waals surface area contributed by atoms with Crippen molar-refractivity contribution in [2.75, 3.05) is 11.9 Å². The highest BCUT2D eigenvalue weighted by Crippen LogP contribution is 2.20. The minimum Gasteiger partial charge on any atom is -0.493 e. The fourth-order valence-corrected chi connectivity index (χ4v) is 2.98. The number of amides is 1. The molecular weight excluding hydrogens is 362 g/mol. The lowest BCUT2D eigenvalue weighted by Crippen LogP contribution is -2.15. The maximum Gasteiger partial charge on any atom is 0.274 e. The first kappa shape index (κ1) is 20.5. The van der Waals surface area contributed by atoms with Gasteiger partial charge in [-0.2, -0.15) is 0 Å². The number of nitrogens with one attached hydrogen (secondary N) is 1. The molecule has 0 saturated carbocycles. The van der Waals surface area contributed by atoms with Crippen molar-refractivity contribution < 1.29 is 9.53 Å². The maximum atomic E-state index is 12.7. The number of benzene rings is 1. The predicted octanol–water partition coefficient (Wildman–Crippen LogP) is 5.71. The third-order valence-electron chi connectivity index (χ3n) is 4.53. The van der Waals surface area contributed by atoms with Crippen molar-refractivity contribution in [3.8, 4) is 5.75 Å². The standard InChI is InChI=1S/C24H27N3O2/c1-3-4-5-6-7-8-15-29-20-12-9-11-19(17-20)26-24(28)23-18(2)16-22-21(27-23)13-10-14-25-22/h6-7,9-14,16-17H,3-5,8,15H2,1-2H3,(H,26,28). The number of anilines is 1. The van der Waals surface area contributed by atoms with E-state index in [2.05, 4.69) is 34.4 Å². The highest BCUT2D eigenvalue weighted by molar-refractivity contribution is 6.05. The SMILES string of the molecule is CCCCC=CCCOc1cccc(NC(=O)c2nc3cccnc3cc2C)c1. The zero-order valence-corrected chi connectivity index (χ0v) is 17.0. The molecule has 0 unspecified atom stereocenters. The van der Waals surface area contributed by atoms with E-state index >= 15 is 0 Å². The Hall–Kier alpha value is -3.21. The normalized spacial score (nSPS) is 11.1. The topological polar surface area (TPSA) is 64.1 Å². The summed E-state index contributed by atoms with van der Waals surface area (Å²) in [5.74, 6) is 0.487. The molecule has 29 heavy (non-hydrogen) atoms. The number of carbonyl (C=O) groups is 1. The molecule has 5 nitrogen and oxygen atoms in total. The fraction of sp³-hybridized carbons (Fsp3) is 0.292. The molecule has 1 amide bonds. The molecule has 1 N–H and O–H groups in total. The lowest BCUT2D eigenvalue weighted by molar-refractivity contribution is 0.102. The van der Waals surface area contributed by atoms with Crippen LogP contribution in [0.25, 0.3) is 11.0 Å². The molecule has 0 saturated heterocycles. The highest BCUT2D eigenvalue weighted by Gasteiger charge is 2.13. The lowest BCUT2D eigenvalue weighted by Gasteiger charge is -2.10. The van der Waals surface area contributed by atoms with Gasteiger partial charge in [0.1, 0.15) is 11.4 Å². The Bertz CT molecular complexity index is 998.